The van der Waals surface area contributed by atoms with Crippen LogP contribution in [0.25, 0.3) is 0 Å². The summed E-state index contributed by atoms with van der Waals surface area (Å²) in [5, 5.41) is 6.26. The van der Waals surface area contributed by atoms with Gasteiger partial charge in [0.05, 0.1) is 6.04 Å². The van der Waals surface area contributed by atoms with E-state index in [1.165, 1.54) is 0 Å². The first-order valence-corrected chi connectivity index (χ1v) is 8.13. The Balaban J connectivity index is 1.75. The van der Waals surface area contributed by atoms with Gasteiger partial charge in [0, 0.05) is 36.7 Å². The highest BCUT2D eigenvalue weighted by Gasteiger charge is 2.30. The summed E-state index contributed by atoms with van der Waals surface area (Å²) in [6.07, 6.45) is 1.73. The zero-order valence-corrected chi connectivity index (χ0v) is 12.5. The minimum Gasteiger partial charge on any atom is -0.353 e. The van der Waals surface area contributed by atoms with Gasteiger partial charge in [0.2, 0.25) is 11.8 Å². The maximum atomic E-state index is 12.2. The van der Waals surface area contributed by atoms with Gasteiger partial charge < -0.3 is 10.2 Å². The van der Waals surface area contributed by atoms with Gasteiger partial charge >= 0.3 is 0 Å². The van der Waals surface area contributed by atoms with Gasteiger partial charge in [-0.05, 0) is 12.8 Å². The Bertz CT molecular complexity index is 335. The lowest BCUT2D eigenvalue weighted by Crippen LogP contribution is -2.51. The van der Waals surface area contributed by atoms with Crippen molar-refractivity contribution in [2.75, 3.05) is 24.7 Å². The molecule has 2 amide bonds. The van der Waals surface area contributed by atoms with Crippen LogP contribution in [0.2, 0.25) is 0 Å². The maximum Gasteiger partial charge on any atom is 0.240 e. The van der Waals surface area contributed by atoms with Crippen LogP contribution >= 0.6 is 11.8 Å². The van der Waals surface area contributed by atoms with Gasteiger partial charge in [0.25, 0.3) is 0 Å². The van der Waals surface area contributed by atoms with Crippen molar-refractivity contribution in [2.45, 2.75) is 38.8 Å². The van der Waals surface area contributed by atoms with E-state index in [9.17, 15) is 9.59 Å². The third-order valence-electron chi connectivity index (χ3n) is 3.69. The second-order valence-corrected chi connectivity index (χ2v) is 6.56. The van der Waals surface area contributed by atoms with E-state index in [0.717, 1.165) is 37.6 Å². The summed E-state index contributed by atoms with van der Waals surface area (Å²) in [7, 11) is 0. The zero-order chi connectivity index (χ0) is 13.8. The SMILES string of the molecule is CC(C)C(=O)NC1CCN(C(=O)C2CSCN2)CC1. The van der Waals surface area contributed by atoms with Crippen LogP contribution in [0.3, 0.4) is 0 Å². The number of carbonyl (C=O) groups excluding carboxylic acids is 2. The Morgan fingerprint density at radius 2 is 2.00 bits per heavy atom. The normalized spacial score (nSPS) is 24.8. The minimum atomic E-state index is -0.00759. The minimum absolute atomic E-state index is 0.00759. The van der Waals surface area contributed by atoms with E-state index in [0.29, 0.717) is 0 Å². The fourth-order valence-corrected chi connectivity index (χ4v) is 3.32. The lowest BCUT2D eigenvalue weighted by molar-refractivity contribution is -0.133. The summed E-state index contributed by atoms with van der Waals surface area (Å²) < 4.78 is 0. The smallest absolute Gasteiger partial charge is 0.240 e. The number of piperidine rings is 1. The fourth-order valence-electron chi connectivity index (χ4n) is 2.39. The number of amides is 2. The fraction of sp³-hybridized carbons (Fsp3) is 0.846. The molecule has 2 aliphatic heterocycles. The summed E-state index contributed by atoms with van der Waals surface area (Å²) in [6, 6.07) is 0.219. The lowest BCUT2D eigenvalue weighted by atomic mass is 10.0. The molecule has 0 bridgehead atoms. The number of nitrogens with zero attached hydrogens (tertiary/aromatic N) is 1. The molecule has 2 rings (SSSR count). The van der Waals surface area contributed by atoms with Crippen LogP contribution < -0.4 is 10.6 Å². The summed E-state index contributed by atoms with van der Waals surface area (Å²) in [5.41, 5.74) is 0. The zero-order valence-electron chi connectivity index (χ0n) is 11.6. The van der Waals surface area contributed by atoms with Crippen molar-refractivity contribution in [3.8, 4) is 0 Å². The van der Waals surface area contributed by atoms with Crippen molar-refractivity contribution >= 4 is 23.6 Å². The number of hydrogen-bond donors (Lipinski definition) is 2. The van der Waals surface area contributed by atoms with Gasteiger partial charge in [-0.3, -0.25) is 14.9 Å². The molecule has 1 atom stereocenters. The van der Waals surface area contributed by atoms with Gasteiger partial charge in [-0.1, -0.05) is 13.8 Å². The van der Waals surface area contributed by atoms with Crippen molar-refractivity contribution < 1.29 is 9.59 Å². The molecule has 0 aromatic carbocycles. The molecule has 2 saturated heterocycles. The third kappa shape index (κ3) is 3.86. The standard InChI is InChI=1S/C13H23N3O2S/c1-9(2)12(17)15-10-3-5-16(6-4-10)13(18)11-7-19-8-14-11/h9-11,14H,3-8H2,1-2H3,(H,15,17). The van der Waals surface area contributed by atoms with Gasteiger partial charge in [0.15, 0.2) is 0 Å². The highest BCUT2D eigenvalue weighted by atomic mass is 32.2. The first kappa shape index (κ1) is 14.7. The highest BCUT2D eigenvalue weighted by Crippen LogP contribution is 2.16. The molecule has 19 heavy (non-hydrogen) atoms. The van der Waals surface area contributed by atoms with Gasteiger partial charge in [-0.25, -0.2) is 0 Å². The second-order valence-electron chi connectivity index (χ2n) is 5.53. The van der Waals surface area contributed by atoms with Crippen molar-refractivity contribution in [3.63, 3.8) is 0 Å². The Hall–Kier alpha value is -0.750. The van der Waals surface area contributed by atoms with Crippen LogP contribution in [0.1, 0.15) is 26.7 Å². The van der Waals surface area contributed by atoms with Gasteiger partial charge in [0.1, 0.15) is 0 Å². The van der Waals surface area contributed by atoms with Crippen molar-refractivity contribution in [1.29, 1.82) is 0 Å². The average Bonchev–Trinajstić information content (AvgIpc) is 2.92. The molecule has 0 aromatic rings. The second kappa shape index (κ2) is 6.61. The van der Waals surface area contributed by atoms with E-state index in [1.807, 2.05) is 18.7 Å². The Labute approximate surface area is 118 Å². The van der Waals surface area contributed by atoms with E-state index in [-0.39, 0.29) is 29.8 Å². The van der Waals surface area contributed by atoms with Gasteiger partial charge in [-0.15, -0.1) is 11.8 Å². The van der Waals surface area contributed by atoms with Crippen LogP contribution in [-0.2, 0) is 9.59 Å². The average molecular weight is 285 g/mol. The van der Waals surface area contributed by atoms with Crippen LogP contribution in [0, 0.1) is 5.92 Å². The number of hydrogen-bond acceptors (Lipinski definition) is 4. The van der Waals surface area contributed by atoms with Crippen LogP contribution in [0.5, 0.6) is 0 Å². The molecule has 1 unspecified atom stereocenters. The van der Waals surface area contributed by atoms with E-state index in [1.54, 1.807) is 11.8 Å². The summed E-state index contributed by atoms with van der Waals surface area (Å²) >= 11 is 1.77. The molecular weight excluding hydrogens is 262 g/mol. The molecule has 2 fully saturated rings. The molecule has 0 radical (unpaired) electrons. The number of likely N-dealkylation sites (tertiary alicyclic amines) is 1. The molecule has 108 valence electrons. The molecule has 5 nitrogen and oxygen atoms in total. The molecule has 0 aliphatic carbocycles. The molecule has 0 spiro atoms. The monoisotopic (exact) mass is 285 g/mol. The van der Waals surface area contributed by atoms with Gasteiger partial charge in [-0.2, -0.15) is 0 Å². The van der Waals surface area contributed by atoms with E-state index in [2.05, 4.69) is 10.6 Å². The number of rotatable bonds is 3. The molecule has 0 saturated carbocycles. The number of thioether (sulfide) groups is 1. The first-order valence-electron chi connectivity index (χ1n) is 6.98. The van der Waals surface area contributed by atoms with Crippen molar-refractivity contribution in [2.24, 2.45) is 5.92 Å². The summed E-state index contributed by atoms with van der Waals surface area (Å²) in [4.78, 5) is 25.8. The van der Waals surface area contributed by atoms with Crippen molar-refractivity contribution in [3.05, 3.63) is 0 Å². The largest absolute Gasteiger partial charge is 0.353 e. The summed E-state index contributed by atoms with van der Waals surface area (Å²) in [6.45, 7) is 5.31. The lowest BCUT2D eigenvalue weighted by Gasteiger charge is -2.34. The molecular formula is C13H23N3O2S. The third-order valence-corrected chi connectivity index (χ3v) is 4.63. The molecule has 6 heteroatoms. The van der Waals surface area contributed by atoms with Crippen molar-refractivity contribution in [1.82, 2.24) is 15.5 Å². The number of nitrogens with one attached hydrogen (secondary N) is 2. The quantitative estimate of drug-likeness (QED) is 0.788. The predicted molar refractivity (Wildman–Crippen MR) is 76.8 cm³/mol. The predicted octanol–water partition coefficient (Wildman–Crippen LogP) is 0.412. The topological polar surface area (TPSA) is 61.4 Å². The molecule has 2 aliphatic rings. The summed E-state index contributed by atoms with van der Waals surface area (Å²) in [5.74, 6) is 2.11. The Morgan fingerprint density at radius 3 is 2.53 bits per heavy atom. The highest BCUT2D eigenvalue weighted by molar-refractivity contribution is 7.99. The molecule has 2 heterocycles. The Morgan fingerprint density at radius 1 is 1.32 bits per heavy atom. The van der Waals surface area contributed by atoms with E-state index in [4.69, 9.17) is 0 Å². The van der Waals surface area contributed by atoms with Crippen LogP contribution in [-0.4, -0.2) is 53.5 Å². The number of carbonyl (C=O) groups is 2. The maximum absolute atomic E-state index is 12.2. The Kier molecular flexibility index (Phi) is 5.10. The first-order chi connectivity index (χ1) is 9.08. The van der Waals surface area contributed by atoms with E-state index < -0.39 is 0 Å². The van der Waals surface area contributed by atoms with Crippen LogP contribution in [0.15, 0.2) is 0 Å². The molecule has 0 aromatic heterocycles. The van der Waals surface area contributed by atoms with Crippen LogP contribution in [0.4, 0.5) is 0 Å². The van der Waals surface area contributed by atoms with E-state index >= 15 is 0 Å². The molecule has 2 N–H and O–H groups in total.